The molecular weight excluding hydrogens is 364 g/mol. The van der Waals surface area contributed by atoms with E-state index >= 15 is 0 Å². The molecule has 0 aromatic carbocycles. The lowest BCUT2D eigenvalue weighted by atomic mass is 9.92. The summed E-state index contributed by atoms with van der Waals surface area (Å²) in [5, 5.41) is 27.8. The highest BCUT2D eigenvalue weighted by molar-refractivity contribution is 6.00. The number of hydrogen-bond donors (Lipinski definition) is 2. The van der Waals surface area contributed by atoms with Crippen molar-refractivity contribution in [1.82, 2.24) is 20.4 Å². The number of ketones is 1. The number of likely N-dealkylation sites (tertiary alicyclic amines) is 1. The summed E-state index contributed by atoms with van der Waals surface area (Å²) in [6.45, 7) is 3.71. The Bertz CT molecular complexity index is 581. The van der Waals surface area contributed by atoms with Crippen molar-refractivity contribution in [2.24, 2.45) is 17.8 Å². The summed E-state index contributed by atoms with van der Waals surface area (Å²) in [6, 6.07) is 0. The SMILES string of the molecule is O=C(O)C1CN(C(=O)C2CCCN(N([O-])CCC3CCNCC3)C2)CCC1=O. The average molecular weight is 395 g/mol. The van der Waals surface area contributed by atoms with E-state index in [9.17, 15) is 24.7 Å². The lowest BCUT2D eigenvalue weighted by molar-refractivity contribution is -0.152. The summed E-state index contributed by atoms with van der Waals surface area (Å²) in [6.07, 6.45) is 4.62. The van der Waals surface area contributed by atoms with Crippen molar-refractivity contribution in [3.05, 3.63) is 5.21 Å². The van der Waals surface area contributed by atoms with E-state index in [1.807, 2.05) is 0 Å². The molecule has 28 heavy (non-hydrogen) atoms. The number of hydrogen-bond acceptors (Lipinski definition) is 7. The summed E-state index contributed by atoms with van der Waals surface area (Å²) < 4.78 is 0. The van der Waals surface area contributed by atoms with Crippen LogP contribution in [-0.2, 0) is 14.4 Å². The van der Waals surface area contributed by atoms with Gasteiger partial charge in [0.2, 0.25) is 5.91 Å². The van der Waals surface area contributed by atoms with E-state index in [4.69, 9.17) is 0 Å². The molecule has 9 nitrogen and oxygen atoms in total. The number of nitrogens with one attached hydrogen (secondary N) is 1. The number of aliphatic carboxylic acids is 1. The van der Waals surface area contributed by atoms with Crippen LogP contribution in [0, 0.1) is 23.0 Å². The van der Waals surface area contributed by atoms with Crippen LogP contribution in [0.3, 0.4) is 0 Å². The molecule has 0 aromatic rings. The highest BCUT2D eigenvalue weighted by Gasteiger charge is 2.37. The first-order chi connectivity index (χ1) is 13.5. The predicted octanol–water partition coefficient (Wildman–Crippen LogP) is 0.305. The summed E-state index contributed by atoms with van der Waals surface area (Å²) in [7, 11) is 0. The van der Waals surface area contributed by atoms with E-state index in [2.05, 4.69) is 5.32 Å². The van der Waals surface area contributed by atoms with Crippen molar-refractivity contribution in [3.8, 4) is 0 Å². The topological polar surface area (TPSA) is 116 Å². The number of rotatable bonds is 6. The minimum atomic E-state index is -1.17. The van der Waals surface area contributed by atoms with Gasteiger partial charge >= 0.3 is 5.97 Å². The van der Waals surface area contributed by atoms with Gasteiger partial charge in [-0.15, -0.1) is 0 Å². The molecule has 2 N–H and O–H groups in total. The molecule has 1 amide bonds. The van der Waals surface area contributed by atoms with Crippen LogP contribution in [0.15, 0.2) is 0 Å². The molecule has 0 radical (unpaired) electrons. The van der Waals surface area contributed by atoms with Gasteiger partial charge in [-0.05, 0) is 57.7 Å². The van der Waals surface area contributed by atoms with Crippen molar-refractivity contribution in [2.75, 3.05) is 45.8 Å². The van der Waals surface area contributed by atoms with Crippen LogP contribution in [0.2, 0.25) is 0 Å². The van der Waals surface area contributed by atoms with Gasteiger partial charge in [-0.2, -0.15) is 0 Å². The van der Waals surface area contributed by atoms with Crippen LogP contribution < -0.4 is 5.32 Å². The van der Waals surface area contributed by atoms with E-state index in [0.717, 1.165) is 43.9 Å². The monoisotopic (exact) mass is 395 g/mol. The van der Waals surface area contributed by atoms with Gasteiger partial charge in [0.1, 0.15) is 5.92 Å². The molecule has 3 saturated heterocycles. The Morgan fingerprint density at radius 2 is 1.93 bits per heavy atom. The second kappa shape index (κ2) is 9.78. The fraction of sp³-hybridized carbons (Fsp3) is 0.842. The molecule has 3 heterocycles. The van der Waals surface area contributed by atoms with Gasteiger partial charge in [-0.3, -0.25) is 19.4 Å². The second-order valence-electron chi connectivity index (χ2n) is 8.20. The minimum absolute atomic E-state index is 0.0553. The second-order valence-corrected chi connectivity index (χ2v) is 8.20. The van der Waals surface area contributed by atoms with Crippen LogP contribution in [0.1, 0.15) is 38.5 Å². The molecule has 3 rings (SSSR count). The van der Waals surface area contributed by atoms with Crippen molar-refractivity contribution in [2.45, 2.75) is 38.5 Å². The largest absolute Gasteiger partial charge is 0.772 e. The molecule has 0 saturated carbocycles. The average Bonchev–Trinajstić information content (AvgIpc) is 2.72. The number of carboxylic acids is 1. The van der Waals surface area contributed by atoms with Gasteiger partial charge in [0, 0.05) is 32.6 Å². The molecule has 3 aliphatic heterocycles. The number of hydrazine groups is 1. The highest BCUT2D eigenvalue weighted by atomic mass is 16.5. The van der Waals surface area contributed by atoms with Crippen LogP contribution >= 0.6 is 0 Å². The Morgan fingerprint density at radius 3 is 2.64 bits per heavy atom. The Balaban J connectivity index is 1.50. The van der Waals surface area contributed by atoms with E-state index in [-0.39, 0.29) is 37.1 Å². The number of Topliss-reactive ketones (excluding diaryl/α,β-unsaturated/α-hetero) is 1. The standard InChI is InChI=1S/C19H31N4O5/c24-17-6-10-21(13-16(17)19(26)27)18(25)15-2-1-9-22(12-15)23(28)11-5-14-3-7-20-8-4-14/h14-16,20H,1-13H2,(H,26,27)/q-1. The summed E-state index contributed by atoms with van der Waals surface area (Å²) in [5.41, 5.74) is 0. The zero-order valence-corrected chi connectivity index (χ0v) is 16.3. The van der Waals surface area contributed by atoms with Crippen molar-refractivity contribution >= 4 is 17.7 Å². The number of nitrogens with zero attached hydrogens (tertiary/aromatic N) is 3. The van der Waals surface area contributed by atoms with E-state index in [1.54, 1.807) is 5.01 Å². The first-order valence-electron chi connectivity index (χ1n) is 10.4. The maximum atomic E-state index is 12.9. The summed E-state index contributed by atoms with van der Waals surface area (Å²) in [5.74, 6) is -2.47. The molecule has 9 heteroatoms. The highest BCUT2D eigenvalue weighted by Crippen LogP contribution is 2.24. The fourth-order valence-corrected chi connectivity index (χ4v) is 4.47. The van der Waals surface area contributed by atoms with E-state index < -0.39 is 11.9 Å². The Hall–Kier alpha value is -1.55. The van der Waals surface area contributed by atoms with E-state index in [1.165, 1.54) is 4.90 Å². The van der Waals surface area contributed by atoms with Gasteiger partial charge in [-0.1, -0.05) is 0 Å². The fourth-order valence-electron chi connectivity index (χ4n) is 4.47. The van der Waals surface area contributed by atoms with Crippen LogP contribution in [0.5, 0.6) is 0 Å². The minimum Gasteiger partial charge on any atom is -0.772 e. The predicted molar refractivity (Wildman–Crippen MR) is 102 cm³/mol. The smallest absolute Gasteiger partial charge is 0.315 e. The van der Waals surface area contributed by atoms with Crippen LogP contribution in [0.4, 0.5) is 0 Å². The number of piperidine rings is 3. The van der Waals surface area contributed by atoms with Crippen LogP contribution in [-0.4, -0.2) is 83.7 Å². The third-order valence-corrected chi connectivity index (χ3v) is 6.28. The number of carbonyl (C=O) groups excluding carboxylic acids is 2. The van der Waals surface area contributed by atoms with Gasteiger partial charge < -0.3 is 25.7 Å². The molecule has 0 aromatic heterocycles. The molecule has 0 aliphatic carbocycles. The van der Waals surface area contributed by atoms with Crippen molar-refractivity contribution in [3.63, 3.8) is 0 Å². The zero-order valence-electron chi connectivity index (χ0n) is 16.3. The number of amides is 1. The Labute approximate surface area is 165 Å². The molecule has 3 aliphatic rings. The van der Waals surface area contributed by atoms with Crippen LogP contribution in [0.25, 0.3) is 0 Å². The molecule has 3 fully saturated rings. The number of carboxylic acid groups (broad SMARTS) is 1. The Morgan fingerprint density at radius 1 is 1.18 bits per heavy atom. The maximum absolute atomic E-state index is 12.9. The molecule has 158 valence electrons. The van der Waals surface area contributed by atoms with Gasteiger partial charge in [0.25, 0.3) is 0 Å². The summed E-state index contributed by atoms with van der Waals surface area (Å²) >= 11 is 0. The quantitative estimate of drug-likeness (QED) is 0.487. The number of carbonyl (C=O) groups is 3. The van der Waals surface area contributed by atoms with Crippen molar-refractivity contribution in [1.29, 1.82) is 0 Å². The molecule has 2 unspecified atom stereocenters. The molecule has 0 spiro atoms. The zero-order chi connectivity index (χ0) is 20.1. The molecule has 2 atom stereocenters. The van der Waals surface area contributed by atoms with Gasteiger partial charge in [0.05, 0.1) is 5.92 Å². The maximum Gasteiger partial charge on any atom is 0.315 e. The first kappa shape index (κ1) is 21.2. The third kappa shape index (κ3) is 5.28. The third-order valence-electron chi connectivity index (χ3n) is 6.28. The summed E-state index contributed by atoms with van der Waals surface area (Å²) in [4.78, 5) is 37.3. The van der Waals surface area contributed by atoms with Gasteiger partial charge in [-0.25, -0.2) is 0 Å². The Kier molecular flexibility index (Phi) is 7.39. The van der Waals surface area contributed by atoms with E-state index in [0.29, 0.717) is 32.0 Å². The van der Waals surface area contributed by atoms with Gasteiger partial charge in [0.15, 0.2) is 5.78 Å². The molecular formula is C19H31N4O5-. The normalized spacial score (nSPS) is 27.9. The van der Waals surface area contributed by atoms with Crippen molar-refractivity contribution < 1.29 is 19.5 Å². The number of hydroxylamine groups is 1. The first-order valence-corrected chi connectivity index (χ1v) is 10.4. The molecule has 0 bridgehead atoms. The lowest BCUT2D eigenvalue weighted by Crippen LogP contribution is -2.53. The lowest BCUT2D eigenvalue weighted by Gasteiger charge is -2.45.